The van der Waals surface area contributed by atoms with Crippen LogP contribution in [0.25, 0.3) is 10.8 Å². The van der Waals surface area contributed by atoms with Crippen molar-refractivity contribution in [3.8, 4) is 0 Å². The van der Waals surface area contributed by atoms with Gasteiger partial charge >= 0.3 is 17.9 Å². The Morgan fingerprint density at radius 2 is 1.44 bits per heavy atom. The molecule has 3 rings (SSSR count). The number of hydrogen-bond donors (Lipinski definition) is 0. The van der Waals surface area contributed by atoms with Crippen molar-refractivity contribution in [2.75, 3.05) is 0 Å². The van der Waals surface area contributed by atoms with Crippen molar-refractivity contribution in [2.24, 2.45) is 0 Å². The summed E-state index contributed by atoms with van der Waals surface area (Å²) in [5.74, 6) is -4.13. The minimum absolute atomic E-state index is 0.00000803. The Labute approximate surface area is 142 Å². The summed E-state index contributed by atoms with van der Waals surface area (Å²) in [5, 5.41) is 11.5. The second-order valence-electron chi connectivity index (χ2n) is 6.54. The van der Waals surface area contributed by atoms with E-state index in [0.717, 1.165) is 6.07 Å². The molecule has 0 N–H and O–H groups in total. The molecular weight excluding hydrogens is 328 g/mol. The van der Waals surface area contributed by atoms with Crippen LogP contribution in [-0.4, -0.2) is 29.5 Å². The fourth-order valence-corrected chi connectivity index (χ4v) is 2.70. The highest BCUT2D eigenvalue weighted by Crippen LogP contribution is 2.34. The standard InChI is InChI=1S/C18H14O7/c1-18(2,3)25-17(23)11-7-6-10-13-9(15(21)24-16(10)22)5-4-8(12(11)13)14(19)20/h4-7H,1-3H3,(H,19,20)/p-1. The van der Waals surface area contributed by atoms with Crippen molar-refractivity contribution >= 4 is 34.6 Å². The van der Waals surface area contributed by atoms with E-state index < -0.39 is 29.5 Å². The van der Waals surface area contributed by atoms with E-state index in [9.17, 15) is 24.3 Å². The molecule has 0 aromatic heterocycles. The van der Waals surface area contributed by atoms with Crippen LogP contribution in [0.3, 0.4) is 0 Å². The molecule has 1 heterocycles. The molecule has 0 bridgehead atoms. The zero-order valence-corrected chi connectivity index (χ0v) is 13.7. The Balaban J connectivity index is 2.40. The average Bonchev–Trinajstić information content (AvgIpc) is 2.49. The lowest BCUT2D eigenvalue weighted by atomic mass is 9.90. The number of carbonyl (C=O) groups excluding carboxylic acids is 4. The lowest BCUT2D eigenvalue weighted by Gasteiger charge is -2.23. The summed E-state index contributed by atoms with van der Waals surface area (Å²) in [6.45, 7) is 4.99. The van der Waals surface area contributed by atoms with Gasteiger partial charge < -0.3 is 19.4 Å². The number of ether oxygens (including phenoxy) is 2. The first kappa shape index (κ1) is 16.6. The van der Waals surface area contributed by atoms with Gasteiger partial charge in [-0.15, -0.1) is 0 Å². The van der Waals surface area contributed by atoms with E-state index in [1.807, 2.05) is 0 Å². The van der Waals surface area contributed by atoms with Crippen LogP contribution in [0.15, 0.2) is 24.3 Å². The van der Waals surface area contributed by atoms with Gasteiger partial charge in [-0.25, -0.2) is 14.4 Å². The van der Waals surface area contributed by atoms with Crippen molar-refractivity contribution in [3.63, 3.8) is 0 Å². The minimum atomic E-state index is -1.54. The SMILES string of the molecule is CC(C)(C)OC(=O)c1ccc2c3c(ccc(C(=O)[O-])c13)C(=O)OC2=O. The molecule has 7 nitrogen and oxygen atoms in total. The van der Waals surface area contributed by atoms with E-state index in [1.165, 1.54) is 18.2 Å². The van der Waals surface area contributed by atoms with Gasteiger partial charge in [-0.1, -0.05) is 6.07 Å². The third-order valence-corrected chi connectivity index (χ3v) is 3.62. The maximum atomic E-state index is 12.5. The zero-order valence-electron chi connectivity index (χ0n) is 13.7. The molecule has 0 saturated heterocycles. The van der Waals surface area contributed by atoms with Crippen LogP contribution in [0.1, 0.15) is 62.2 Å². The summed E-state index contributed by atoms with van der Waals surface area (Å²) in [5.41, 5.74) is -1.20. The molecule has 0 fully saturated rings. The van der Waals surface area contributed by atoms with E-state index in [2.05, 4.69) is 4.74 Å². The summed E-state index contributed by atoms with van der Waals surface area (Å²) >= 11 is 0. The molecule has 0 saturated carbocycles. The summed E-state index contributed by atoms with van der Waals surface area (Å²) in [4.78, 5) is 47.9. The van der Waals surface area contributed by atoms with Crippen molar-refractivity contribution in [1.82, 2.24) is 0 Å². The van der Waals surface area contributed by atoms with E-state index in [-0.39, 0.29) is 33.0 Å². The Morgan fingerprint density at radius 3 is 1.92 bits per heavy atom. The number of rotatable bonds is 2. The van der Waals surface area contributed by atoms with E-state index >= 15 is 0 Å². The molecule has 0 spiro atoms. The van der Waals surface area contributed by atoms with Gasteiger partial charge in [0.2, 0.25) is 0 Å². The third-order valence-electron chi connectivity index (χ3n) is 3.62. The number of carboxylic acid groups (broad SMARTS) is 1. The van der Waals surface area contributed by atoms with Gasteiger partial charge in [0.25, 0.3) is 0 Å². The Morgan fingerprint density at radius 1 is 0.920 bits per heavy atom. The van der Waals surface area contributed by atoms with Crippen LogP contribution >= 0.6 is 0 Å². The highest BCUT2D eigenvalue weighted by atomic mass is 16.6. The highest BCUT2D eigenvalue weighted by molar-refractivity contribution is 6.26. The van der Waals surface area contributed by atoms with Gasteiger partial charge in [0.1, 0.15) is 5.60 Å². The number of aromatic carboxylic acids is 1. The summed E-state index contributed by atoms with van der Waals surface area (Å²) in [7, 11) is 0. The molecule has 0 atom stereocenters. The molecule has 0 radical (unpaired) electrons. The second-order valence-corrected chi connectivity index (χ2v) is 6.54. The highest BCUT2D eigenvalue weighted by Gasteiger charge is 2.31. The van der Waals surface area contributed by atoms with Gasteiger partial charge in [0.15, 0.2) is 0 Å². The Kier molecular flexibility index (Phi) is 3.60. The number of carbonyl (C=O) groups is 4. The second kappa shape index (κ2) is 5.41. The molecule has 128 valence electrons. The van der Waals surface area contributed by atoms with Crippen LogP contribution in [-0.2, 0) is 9.47 Å². The van der Waals surface area contributed by atoms with Gasteiger partial charge in [-0.05, 0) is 39.0 Å². The maximum absolute atomic E-state index is 12.5. The third kappa shape index (κ3) is 2.73. The van der Waals surface area contributed by atoms with Gasteiger partial charge in [-0.2, -0.15) is 0 Å². The Bertz CT molecular complexity index is 943. The van der Waals surface area contributed by atoms with E-state index in [4.69, 9.17) is 4.74 Å². The quantitative estimate of drug-likeness (QED) is 0.601. The first-order valence-electron chi connectivity index (χ1n) is 7.41. The molecule has 1 aliphatic rings. The molecule has 0 aliphatic carbocycles. The number of cyclic esters (lactones) is 2. The van der Waals surface area contributed by atoms with Gasteiger partial charge in [0, 0.05) is 16.3 Å². The minimum Gasteiger partial charge on any atom is -0.545 e. The smallest absolute Gasteiger partial charge is 0.346 e. The van der Waals surface area contributed by atoms with Gasteiger partial charge in [0.05, 0.1) is 22.7 Å². The van der Waals surface area contributed by atoms with E-state index in [1.54, 1.807) is 20.8 Å². The van der Waals surface area contributed by atoms with Crippen LogP contribution in [0, 0.1) is 0 Å². The number of carboxylic acids is 1. The predicted molar refractivity (Wildman–Crippen MR) is 83.2 cm³/mol. The molecule has 7 heteroatoms. The predicted octanol–water partition coefficient (Wildman–Crippen LogP) is 1.47. The monoisotopic (exact) mass is 341 g/mol. The fourth-order valence-electron chi connectivity index (χ4n) is 2.70. The maximum Gasteiger partial charge on any atom is 0.346 e. The largest absolute Gasteiger partial charge is 0.545 e. The van der Waals surface area contributed by atoms with Crippen molar-refractivity contribution in [1.29, 1.82) is 0 Å². The van der Waals surface area contributed by atoms with Crippen LogP contribution in [0.4, 0.5) is 0 Å². The van der Waals surface area contributed by atoms with Crippen molar-refractivity contribution in [3.05, 3.63) is 46.5 Å². The molecule has 1 aliphatic heterocycles. The van der Waals surface area contributed by atoms with Crippen LogP contribution < -0.4 is 5.11 Å². The summed E-state index contributed by atoms with van der Waals surface area (Å²) < 4.78 is 9.93. The fraction of sp³-hybridized carbons (Fsp3) is 0.222. The molecular formula is C18H13O7-. The first-order chi connectivity index (χ1) is 11.6. The molecule has 0 amide bonds. The summed E-state index contributed by atoms with van der Waals surface area (Å²) in [6.07, 6.45) is 0. The zero-order chi connectivity index (χ0) is 18.5. The normalized spacial score (nSPS) is 13.6. The lowest BCUT2D eigenvalue weighted by molar-refractivity contribution is -0.254. The number of esters is 3. The summed E-state index contributed by atoms with van der Waals surface area (Å²) in [6, 6.07) is 4.95. The van der Waals surface area contributed by atoms with E-state index in [0.29, 0.717) is 0 Å². The van der Waals surface area contributed by atoms with Crippen LogP contribution in [0.2, 0.25) is 0 Å². The van der Waals surface area contributed by atoms with Crippen molar-refractivity contribution < 1.29 is 33.8 Å². The molecule has 25 heavy (non-hydrogen) atoms. The first-order valence-corrected chi connectivity index (χ1v) is 7.41. The lowest BCUT2D eigenvalue weighted by Crippen LogP contribution is -2.27. The van der Waals surface area contributed by atoms with Gasteiger partial charge in [-0.3, -0.25) is 0 Å². The average molecular weight is 341 g/mol. The van der Waals surface area contributed by atoms with Crippen molar-refractivity contribution in [2.45, 2.75) is 26.4 Å². The number of hydrogen-bond acceptors (Lipinski definition) is 7. The topological polar surface area (TPSA) is 110 Å². The molecule has 0 unspecified atom stereocenters. The van der Waals surface area contributed by atoms with Crippen LogP contribution in [0.5, 0.6) is 0 Å². The molecule has 2 aromatic rings. The Hall–Kier alpha value is -3.22. The number of benzene rings is 2. The molecule has 2 aromatic carbocycles.